The molecule has 0 aromatic heterocycles. The van der Waals surface area contributed by atoms with Crippen LogP contribution in [0.2, 0.25) is 0 Å². The summed E-state index contributed by atoms with van der Waals surface area (Å²) in [6, 6.07) is 22.0. The Kier molecular flexibility index (Phi) is 4.12. The fourth-order valence-electron chi connectivity index (χ4n) is 3.69. The van der Waals surface area contributed by atoms with E-state index in [9.17, 15) is 0 Å². The Bertz CT molecular complexity index is 523. The molecule has 110 valence electrons. The molecule has 1 heteroatoms. The lowest BCUT2D eigenvalue weighted by molar-refractivity contribution is 0.430. The number of rotatable bonds is 6. The van der Waals surface area contributed by atoms with Gasteiger partial charge in [0.1, 0.15) is 0 Å². The van der Waals surface area contributed by atoms with Crippen molar-refractivity contribution in [3.63, 3.8) is 0 Å². The summed E-state index contributed by atoms with van der Waals surface area (Å²) in [5, 5.41) is 3.52. The maximum atomic E-state index is 3.52. The van der Waals surface area contributed by atoms with Crippen molar-refractivity contribution in [1.29, 1.82) is 0 Å². The maximum absolute atomic E-state index is 3.52. The summed E-state index contributed by atoms with van der Waals surface area (Å²) in [5.41, 5.74) is 3.28. The summed E-state index contributed by atoms with van der Waals surface area (Å²) in [6.45, 7) is 6.85. The second-order valence-electron chi connectivity index (χ2n) is 6.47. The first-order valence-corrected chi connectivity index (χ1v) is 8.06. The molecule has 0 radical (unpaired) electrons. The van der Waals surface area contributed by atoms with Crippen molar-refractivity contribution in [2.24, 2.45) is 11.3 Å². The number of benzene rings is 2. The largest absolute Gasteiger partial charge is 0.317 e. The Hall–Kier alpha value is -1.60. The molecule has 1 aliphatic rings. The minimum Gasteiger partial charge on any atom is -0.317 e. The van der Waals surface area contributed by atoms with Crippen LogP contribution in [0.25, 0.3) is 0 Å². The van der Waals surface area contributed by atoms with E-state index in [-0.39, 0.29) is 0 Å². The predicted octanol–water partition coefficient (Wildman–Crippen LogP) is 4.45. The van der Waals surface area contributed by atoms with E-state index in [1.807, 2.05) is 0 Å². The standard InChI is InChI=1S/C20H25N/c1-3-21-15-18-14-20(18,2)19(16-10-6-4-7-11-16)17-12-8-5-9-13-17/h4-13,18-19,21H,3,14-15H2,1-2H3. The second kappa shape index (κ2) is 6.03. The molecule has 0 saturated heterocycles. The SMILES string of the molecule is CCNCC1CC1(C)C(c1ccccc1)c1ccccc1. The van der Waals surface area contributed by atoms with Gasteiger partial charge in [-0.2, -0.15) is 0 Å². The summed E-state index contributed by atoms with van der Waals surface area (Å²) >= 11 is 0. The van der Waals surface area contributed by atoms with E-state index >= 15 is 0 Å². The highest BCUT2D eigenvalue weighted by Gasteiger charge is 2.55. The molecule has 1 nitrogen and oxygen atoms in total. The summed E-state index contributed by atoms with van der Waals surface area (Å²) < 4.78 is 0. The Balaban J connectivity index is 1.91. The molecule has 2 aromatic carbocycles. The molecule has 1 aliphatic carbocycles. The van der Waals surface area contributed by atoms with Crippen molar-refractivity contribution in [3.8, 4) is 0 Å². The zero-order chi connectivity index (χ0) is 14.7. The molecule has 1 fully saturated rings. The van der Waals surface area contributed by atoms with Crippen LogP contribution in [0.5, 0.6) is 0 Å². The highest BCUT2D eigenvalue weighted by atomic mass is 14.9. The topological polar surface area (TPSA) is 12.0 Å². The van der Waals surface area contributed by atoms with Crippen LogP contribution < -0.4 is 5.32 Å². The van der Waals surface area contributed by atoms with E-state index < -0.39 is 0 Å². The first kappa shape index (κ1) is 14.3. The average Bonchev–Trinajstić information content (AvgIpc) is 3.18. The minimum absolute atomic E-state index is 0.380. The normalized spacial score (nSPS) is 24.2. The molecule has 0 spiro atoms. The average molecular weight is 279 g/mol. The highest BCUT2D eigenvalue weighted by Crippen LogP contribution is 2.62. The highest BCUT2D eigenvalue weighted by molar-refractivity contribution is 5.37. The third kappa shape index (κ3) is 2.89. The van der Waals surface area contributed by atoms with Crippen molar-refractivity contribution in [1.82, 2.24) is 5.32 Å². The molecule has 1 N–H and O–H groups in total. The summed E-state index contributed by atoms with van der Waals surface area (Å²) in [4.78, 5) is 0. The molecular formula is C20H25N. The van der Waals surface area contributed by atoms with Crippen molar-refractivity contribution in [3.05, 3.63) is 71.8 Å². The molecular weight excluding hydrogens is 254 g/mol. The summed E-state index contributed by atoms with van der Waals surface area (Å²) in [7, 11) is 0. The van der Waals surface area contributed by atoms with Gasteiger partial charge in [-0.25, -0.2) is 0 Å². The van der Waals surface area contributed by atoms with E-state index in [0.717, 1.165) is 19.0 Å². The number of hydrogen-bond acceptors (Lipinski definition) is 1. The van der Waals surface area contributed by atoms with Crippen LogP contribution in [0.1, 0.15) is 37.3 Å². The Labute approximate surface area is 128 Å². The van der Waals surface area contributed by atoms with Gasteiger partial charge in [0.15, 0.2) is 0 Å². The predicted molar refractivity (Wildman–Crippen MR) is 89.5 cm³/mol. The van der Waals surface area contributed by atoms with E-state index in [4.69, 9.17) is 0 Å². The third-order valence-electron chi connectivity index (χ3n) is 5.02. The van der Waals surface area contributed by atoms with Crippen LogP contribution in [0.4, 0.5) is 0 Å². The van der Waals surface area contributed by atoms with E-state index in [2.05, 4.69) is 79.8 Å². The van der Waals surface area contributed by atoms with Gasteiger partial charge in [-0.3, -0.25) is 0 Å². The fourth-order valence-corrected chi connectivity index (χ4v) is 3.69. The first-order valence-electron chi connectivity index (χ1n) is 8.06. The summed E-state index contributed by atoms with van der Waals surface area (Å²) in [5.74, 6) is 1.28. The van der Waals surface area contributed by atoms with Crippen LogP contribution in [0.3, 0.4) is 0 Å². The quantitative estimate of drug-likeness (QED) is 0.823. The Morgan fingerprint density at radius 2 is 1.52 bits per heavy atom. The van der Waals surface area contributed by atoms with Crippen molar-refractivity contribution in [2.75, 3.05) is 13.1 Å². The van der Waals surface area contributed by atoms with Gasteiger partial charge in [0, 0.05) is 5.92 Å². The van der Waals surface area contributed by atoms with E-state index in [1.165, 1.54) is 17.5 Å². The molecule has 2 aromatic rings. The molecule has 0 aliphatic heterocycles. The lowest BCUT2D eigenvalue weighted by atomic mass is 9.78. The Morgan fingerprint density at radius 3 is 2.00 bits per heavy atom. The van der Waals surface area contributed by atoms with Crippen molar-refractivity contribution >= 4 is 0 Å². The lowest BCUT2D eigenvalue weighted by Crippen LogP contribution is -2.22. The van der Waals surface area contributed by atoms with Gasteiger partial charge in [-0.15, -0.1) is 0 Å². The molecule has 3 rings (SSSR count). The second-order valence-corrected chi connectivity index (χ2v) is 6.47. The number of nitrogens with one attached hydrogen (secondary N) is 1. The Morgan fingerprint density at radius 1 is 1.00 bits per heavy atom. The van der Waals surface area contributed by atoms with Gasteiger partial charge in [0.05, 0.1) is 0 Å². The number of hydrogen-bond donors (Lipinski definition) is 1. The van der Waals surface area contributed by atoms with Gasteiger partial charge < -0.3 is 5.32 Å². The molecule has 1 saturated carbocycles. The van der Waals surface area contributed by atoms with Crippen molar-refractivity contribution in [2.45, 2.75) is 26.2 Å². The van der Waals surface area contributed by atoms with Crippen LogP contribution in [0, 0.1) is 11.3 Å². The molecule has 0 heterocycles. The third-order valence-corrected chi connectivity index (χ3v) is 5.02. The molecule has 2 unspecified atom stereocenters. The molecule has 0 amide bonds. The smallest absolute Gasteiger partial charge is 0.0146 e. The lowest BCUT2D eigenvalue weighted by Gasteiger charge is -2.26. The molecule has 21 heavy (non-hydrogen) atoms. The first-order chi connectivity index (χ1) is 10.3. The van der Waals surface area contributed by atoms with E-state index in [0.29, 0.717) is 11.3 Å². The van der Waals surface area contributed by atoms with Crippen LogP contribution in [0.15, 0.2) is 60.7 Å². The fraction of sp³-hybridized carbons (Fsp3) is 0.400. The van der Waals surface area contributed by atoms with Crippen LogP contribution in [-0.2, 0) is 0 Å². The minimum atomic E-state index is 0.380. The van der Waals surface area contributed by atoms with Gasteiger partial charge in [-0.1, -0.05) is 74.5 Å². The molecule has 0 bridgehead atoms. The zero-order valence-corrected chi connectivity index (χ0v) is 13.0. The van der Waals surface area contributed by atoms with Crippen LogP contribution >= 0.6 is 0 Å². The van der Waals surface area contributed by atoms with Gasteiger partial charge in [0.2, 0.25) is 0 Å². The monoisotopic (exact) mass is 279 g/mol. The zero-order valence-electron chi connectivity index (χ0n) is 13.0. The summed E-state index contributed by atoms with van der Waals surface area (Å²) in [6.07, 6.45) is 1.31. The van der Waals surface area contributed by atoms with Gasteiger partial charge >= 0.3 is 0 Å². The van der Waals surface area contributed by atoms with Crippen LogP contribution in [-0.4, -0.2) is 13.1 Å². The van der Waals surface area contributed by atoms with Gasteiger partial charge in [0.25, 0.3) is 0 Å². The van der Waals surface area contributed by atoms with E-state index in [1.54, 1.807) is 0 Å². The van der Waals surface area contributed by atoms with Crippen molar-refractivity contribution < 1.29 is 0 Å². The maximum Gasteiger partial charge on any atom is 0.0146 e. The van der Waals surface area contributed by atoms with Gasteiger partial charge in [-0.05, 0) is 42.0 Å². The molecule has 2 atom stereocenters.